The summed E-state index contributed by atoms with van der Waals surface area (Å²) in [5, 5.41) is 2.13. The normalized spacial score (nSPS) is 38.2. The molecule has 1 aromatic heterocycles. The molecule has 2 unspecified atom stereocenters. The SMILES string of the molecule is CCC(CCC(C)[C@H]1CC[C@H]2[C@@H]3CC=C4C[C@@H](SSc5cccc[n+]5C)CC[C@]4(C)[C@H]3CC[C@]12C)C(C)C. The number of hydrogen-bond donors (Lipinski definition) is 0. The van der Waals surface area contributed by atoms with Gasteiger partial charge in [0.1, 0.15) is 7.05 Å². The van der Waals surface area contributed by atoms with Crippen molar-refractivity contribution in [2.45, 2.75) is 122 Å². The van der Waals surface area contributed by atoms with Gasteiger partial charge in [-0.05, 0) is 116 Å². The molecule has 0 bridgehead atoms. The summed E-state index contributed by atoms with van der Waals surface area (Å²) >= 11 is 0. The zero-order valence-electron chi connectivity index (χ0n) is 25.5. The Morgan fingerprint density at radius 1 is 1.00 bits per heavy atom. The molecule has 4 aliphatic carbocycles. The van der Waals surface area contributed by atoms with E-state index in [-0.39, 0.29) is 0 Å². The van der Waals surface area contributed by atoms with Gasteiger partial charge in [-0.1, -0.05) is 76.8 Å². The van der Waals surface area contributed by atoms with Crippen LogP contribution in [0.25, 0.3) is 0 Å². The second kappa shape index (κ2) is 11.8. The van der Waals surface area contributed by atoms with Crippen molar-refractivity contribution in [3.63, 3.8) is 0 Å². The third kappa shape index (κ3) is 5.43. The second-order valence-corrected chi connectivity index (χ2v) is 17.2. The van der Waals surface area contributed by atoms with Gasteiger partial charge >= 0.3 is 0 Å². The Kier molecular flexibility index (Phi) is 9.06. The molecular weight excluding hydrogens is 499 g/mol. The molecule has 4 aliphatic rings. The molecule has 0 aliphatic heterocycles. The lowest BCUT2D eigenvalue weighted by Crippen LogP contribution is -2.50. The molecule has 3 fully saturated rings. The van der Waals surface area contributed by atoms with Gasteiger partial charge in [-0.3, -0.25) is 0 Å². The van der Waals surface area contributed by atoms with Gasteiger partial charge in [0, 0.05) is 28.2 Å². The predicted octanol–water partition coefficient (Wildman–Crippen LogP) is 10.3. The maximum atomic E-state index is 2.78. The minimum absolute atomic E-state index is 0.471. The van der Waals surface area contributed by atoms with Gasteiger partial charge in [-0.25, -0.2) is 0 Å². The standard InChI is InChI=1S/C35H56NS2/c1-8-26(24(2)3)13-12-25(4)30-16-17-31-29-15-14-27-23-28(37-38-33-11-9-10-22-36(33)7)18-20-34(27,5)32(29)19-21-35(30,31)6/h9-11,14,22,24-26,28-32H,8,12-13,15-21,23H2,1-7H3/q+1/t25?,26?,28-,29-,30+,31-,32-,34-,35+/m0/s1. The monoisotopic (exact) mass is 554 g/mol. The lowest BCUT2D eigenvalue weighted by Gasteiger charge is -2.58. The Morgan fingerprint density at radius 3 is 2.55 bits per heavy atom. The van der Waals surface area contributed by atoms with Crippen LogP contribution >= 0.6 is 21.6 Å². The van der Waals surface area contributed by atoms with Crippen LogP contribution in [0.5, 0.6) is 0 Å². The highest BCUT2D eigenvalue weighted by molar-refractivity contribution is 8.76. The number of nitrogens with zero attached hydrogens (tertiary/aromatic N) is 1. The molecule has 1 nitrogen and oxygen atoms in total. The fraction of sp³-hybridized carbons (Fsp3) is 0.800. The van der Waals surface area contributed by atoms with Gasteiger partial charge in [0.05, 0.1) is 0 Å². The summed E-state index contributed by atoms with van der Waals surface area (Å²) in [7, 11) is 6.29. The van der Waals surface area contributed by atoms with Crippen LogP contribution in [-0.2, 0) is 7.05 Å². The average Bonchev–Trinajstić information content (AvgIpc) is 3.25. The first-order valence-electron chi connectivity index (χ1n) is 16.1. The highest BCUT2D eigenvalue weighted by Crippen LogP contribution is 2.67. The van der Waals surface area contributed by atoms with Crippen molar-refractivity contribution in [1.82, 2.24) is 0 Å². The Morgan fingerprint density at radius 2 is 1.82 bits per heavy atom. The van der Waals surface area contributed by atoms with Crippen LogP contribution in [0.2, 0.25) is 0 Å². The zero-order chi connectivity index (χ0) is 27.1. The van der Waals surface area contributed by atoms with Gasteiger partial charge in [-0.2, -0.15) is 4.57 Å². The Balaban J connectivity index is 1.23. The van der Waals surface area contributed by atoms with Gasteiger partial charge in [0.25, 0.3) is 0 Å². The first-order valence-corrected chi connectivity index (χ1v) is 18.4. The van der Waals surface area contributed by atoms with Gasteiger partial charge in [-0.15, -0.1) is 0 Å². The van der Waals surface area contributed by atoms with Crippen molar-refractivity contribution < 1.29 is 4.57 Å². The van der Waals surface area contributed by atoms with Crippen LogP contribution in [0.4, 0.5) is 0 Å². The molecule has 1 aromatic rings. The summed E-state index contributed by atoms with van der Waals surface area (Å²) in [5.41, 5.74) is 2.90. The second-order valence-electron chi connectivity index (χ2n) is 14.6. The minimum Gasteiger partial charge on any atom is -0.195 e. The molecule has 0 saturated heterocycles. The van der Waals surface area contributed by atoms with Crippen LogP contribution in [0.3, 0.4) is 0 Å². The Labute approximate surface area is 243 Å². The molecule has 5 rings (SSSR count). The van der Waals surface area contributed by atoms with Gasteiger partial charge < -0.3 is 0 Å². The number of aryl methyl sites for hydroxylation is 1. The summed E-state index contributed by atoms with van der Waals surface area (Å²) in [6.07, 6.45) is 20.7. The van der Waals surface area contributed by atoms with Crippen LogP contribution in [-0.4, -0.2) is 5.25 Å². The molecule has 9 atom stereocenters. The minimum atomic E-state index is 0.471. The molecule has 0 amide bonds. The lowest BCUT2D eigenvalue weighted by atomic mass is 9.47. The average molecular weight is 555 g/mol. The van der Waals surface area contributed by atoms with E-state index in [4.69, 9.17) is 0 Å². The van der Waals surface area contributed by atoms with Gasteiger partial charge in [0.2, 0.25) is 5.03 Å². The Bertz CT molecular complexity index is 986. The third-order valence-corrected chi connectivity index (χ3v) is 15.5. The number of pyridine rings is 1. The van der Waals surface area contributed by atoms with E-state index in [2.05, 4.69) is 94.4 Å². The Hall–Kier alpha value is -0.410. The van der Waals surface area contributed by atoms with E-state index in [1.807, 2.05) is 16.4 Å². The summed E-state index contributed by atoms with van der Waals surface area (Å²) in [5.74, 6) is 6.47. The quantitative estimate of drug-likeness (QED) is 0.170. The van der Waals surface area contributed by atoms with E-state index in [9.17, 15) is 0 Å². The van der Waals surface area contributed by atoms with E-state index in [0.29, 0.717) is 10.8 Å². The van der Waals surface area contributed by atoms with Crippen molar-refractivity contribution in [3.8, 4) is 0 Å². The lowest BCUT2D eigenvalue weighted by molar-refractivity contribution is -0.708. The van der Waals surface area contributed by atoms with Gasteiger partial charge in [0.15, 0.2) is 6.20 Å². The summed E-state index contributed by atoms with van der Waals surface area (Å²) in [4.78, 5) is 0. The number of fused-ring (bicyclic) bond motifs is 5. The molecular formula is C35H56NS2+. The number of rotatable bonds is 9. The van der Waals surface area contributed by atoms with Crippen molar-refractivity contribution in [1.29, 1.82) is 0 Å². The third-order valence-electron chi connectivity index (χ3n) is 12.6. The topological polar surface area (TPSA) is 3.88 Å². The molecule has 3 saturated carbocycles. The van der Waals surface area contributed by atoms with Crippen molar-refractivity contribution in [3.05, 3.63) is 36.0 Å². The first-order chi connectivity index (χ1) is 18.2. The molecule has 38 heavy (non-hydrogen) atoms. The van der Waals surface area contributed by atoms with Crippen LogP contribution in [0, 0.1) is 52.3 Å². The molecule has 0 N–H and O–H groups in total. The molecule has 0 aromatic carbocycles. The number of allylic oxidation sites excluding steroid dienone is 2. The van der Waals surface area contributed by atoms with E-state index >= 15 is 0 Å². The molecule has 3 heteroatoms. The number of hydrogen-bond acceptors (Lipinski definition) is 2. The van der Waals surface area contributed by atoms with Crippen molar-refractivity contribution >= 4 is 21.6 Å². The van der Waals surface area contributed by atoms with E-state index in [0.717, 1.165) is 46.7 Å². The van der Waals surface area contributed by atoms with Crippen molar-refractivity contribution in [2.24, 2.45) is 59.3 Å². The predicted molar refractivity (Wildman–Crippen MR) is 167 cm³/mol. The summed E-state index contributed by atoms with van der Waals surface area (Å²) < 4.78 is 2.26. The first kappa shape index (κ1) is 29.1. The highest BCUT2D eigenvalue weighted by atomic mass is 33.1. The molecule has 212 valence electrons. The highest BCUT2D eigenvalue weighted by Gasteiger charge is 2.59. The van der Waals surface area contributed by atoms with Crippen LogP contribution in [0.15, 0.2) is 41.1 Å². The van der Waals surface area contributed by atoms with Crippen molar-refractivity contribution in [2.75, 3.05) is 0 Å². The largest absolute Gasteiger partial charge is 0.250 e. The maximum absolute atomic E-state index is 2.78. The fourth-order valence-corrected chi connectivity index (χ4v) is 12.8. The van der Waals surface area contributed by atoms with E-state index < -0.39 is 0 Å². The molecule has 0 radical (unpaired) electrons. The maximum Gasteiger partial charge on any atom is 0.250 e. The molecule has 1 heterocycles. The van der Waals surface area contributed by atoms with Crippen LogP contribution < -0.4 is 4.57 Å². The summed E-state index contributed by atoms with van der Waals surface area (Å²) in [6, 6.07) is 6.56. The van der Waals surface area contributed by atoms with Crippen LogP contribution in [0.1, 0.15) is 112 Å². The van der Waals surface area contributed by atoms with E-state index in [1.54, 1.807) is 0 Å². The fourth-order valence-electron chi connectivity index (χ4n) is 10.1. The number of aromatic nitrogens is 1. The molecule has 0 spiro atoms. The zero-order valence-corrected chi connectivity index (χ0v) is 27.2. The summed E-state index contributed by atoms with van der Waals surface area (Å²) in [6.45, 7) is 15.3. The smallest absolute Gasteiger partial charge is 0.195 e. The van der Waals surface area contributed by atoms with E-state index in [1.165, 1.54) is 75.7 Å².